The highest BCUT2D eigenvalue weighted by Gasteiger charge is 2.44. The molecule has 4 N–H and O–H groups in total. The second-order valence-electron chi connectivity index (χ2n) is 15.9. The number of aliphatic hydroxyl groups is 4. The molecule has 1 aliphatic rings. The van der Waals surface area contributed by atoms with E-state index in [-0.39, 0.29) is 32.0 Å². The summed E-state index contributed by atoms with van der Waals surface area (Å²) in [6.45, 7) is 3.45. The molecule has 1 aliphatic heterocycles. The minimum Gasteiger partial charge on any atom is -0.462 e. The van der Waals surface area contributed by atoms with Gasteiger partial charge >= 0.3 is 11.9 Å². The Morgan fingerprint density at radius 2 is 0.870 bits per heavy atom. The topological polar surface area (TPSA) is 152 Å². The van der Waals surface area contributed by atoms with E-state index < -0.39 is 49.4 Å². The summed E-state index contributed by atoms with van der Waals surface area (Å²) in [7, 11) is 0. The van der Waals surface area contributed by atoms with Crippen LogP contribution in [-0.4, -0.2) is 89.0 Å². The van der Waals surface area contributed by atoms with E-state index in [4.69, 9.17) is 18.9 Å². The number of carbonyl (C=O) groups excluding carboxylic acids is 2. The van der Waals surface area contributed by atoms with E-state index in [1.54, 1.807) is 0 Å². The molecule has 0 aliphatic carbocycles. The molecule has 1 heterocycles. The molecule has 6 atom stereocenters. The molecule has 0 saturated carbocycles. The maximum atomic E-state index is 12.8. The summed E-state index contributed by atoms with van der Waals surface area (Å²) in [5.41, 5.74) is 0. The third kappa shape index (κ3) is 27.3. The second-order valence-corrected chi connectivity index (χ2v) is 15.9. The summed E-state index contributed by atoms with van der Waals surface area (Å²) >= 11 is 0. The van der Waals surface area contributed by atoms with Gasteiger partial charge in [-0.1, -0.05) is 187 Å². The van der Waals surface area contributed by atoms with Gasteiger partial charge in [0.15, 0.2) is 12.4 Å². The van der Waals surface area contributed by atoms with Gasteiger partial charge in [0, 0.05) is 12.8 Å². The highest BCUT2D eigenvalue weighted by Crippen LogP contribution is 2.23. The molecular formula is C44H84O10. The Morgan fingerprint density at radius 1 is 0.500 bits per heavy atom. The number of carbonyl (C=O) groups is 2. The molecule has 1 fully saturated rings. The maximum Gasteiger partial charge on any atom is 0.306 e. The number of hydrogen-bond donors (Lipinski definition) is 4. The van der Waals surface area contributed by atoms with Crippen LogP contribution in [0.25, 0.3) is 0 Å². The molecule has 320 valence electrons. The standard InChI is InChI=1S/C44H84O10/c1-3-5-7-9-11-13-15-17-18-19-21-23-25-27-29-31-33-40(47)53-37(36-52-44-43(50)42(49)41(48)38(34-45)54-44)35-51-39(46)32-30-28-26-24-22-20-16-14-12-10-8-6-4-2/h37-38,41-45,48-50H,3-36H2,1-2H3/t37-,38-,41+,42?,43?,44-/m1/s1. The van der Waals surface area contributed by atoms with Gasteiger partial charge in [-0.2, -0.15) is 0 Å². The van der Waals surface area contributed by atoms with Crippen LogP contribution >= 0.6 is 0 Å². The predicted molar refractivity (Wildman–Crippen MR) is 215 cm³/mol. The first-order valence-electron chi connectivity index (χ1n) is 22.6. The Labute approximate surface area is 329 Å². The number of rotatable bonds is 38. The summed E-state index contributed by atoms with van der Waals surface area (Å²) in [5.74, 6) is -0.792. The normalized spacial score (nSPS) is 20.6. The van der Waals surface area contributed by atoms with E-state index in [2.05, 4.69) is 13.8 Å². The third-order valence-electron chi connectivity index (χ3n) is 10.7. The zero-order valence-corrected chi connectivity index (χ0v) is 34.7. The minimum absolute atomic E-state index is 0.209. The molecule has 1 saturated heterocycles. The van der Waals surface area contributed by atoms with Crippen molar-refractivity contribution in [3.8, 4) is 0 Å². The number of esters is 2. The molecule has 0 bridgehead atoms. The Kier molecular flexibility index (Phi) is 33.9. The minimum atomic E-state index is -1.59. The van der Waals surface area contributed by atoms with Crippen molar-refractivity contribution in [1.29, 1.82) is 0 Å². The van der Waals surface area contributed by atoms with Crippen LogP contribution < -0.4 is 0 Å². The van der Waals surface area contributed by atoms with Crippen molar-refractivity contribution in [1.82, 2.24) is 0 Å². The zero-order chi connectivity index (χ0) is 39.5. The fourth-order valence-corrected chi connectivity index (χ4v) is 7.13. The molecule has 10 heteroatoms. The van der Waals surface area contributed by atoms with E-state index >= 15 is 0 Å². The molecule has 0 aromatic rings. The van der Waals surface area contributed by atoms with Gasteiger partial charge in [0.05, 0.1) is 13.2 Å². The van der Waals surface area contributed by atoms with Gasteiger partial charge in [-0.25, -0.2) is 0 Å². The summed E-state index contributed by atoms with van der Waals surface area (Å²) in [5, 5.41) is 40.0. The average molecular weight is 773 g/mol. The molecule has 0 aromatic heterocycles. The van der Waals surface area contributed by atoms with Crippen LogP contribution in [0, 0.1) is 0 Å². The summed E-state index contributed by atoms with van der Waals surface area (Å²) in [6, 6.07) is 0. The summed E-state index contributed by atoms with van der Waals surface area (Å²) < 4.78 is 22.2. The lowest BCUT2D eigenvalue weighted by Crippen LogP contribution is -2.59. The smallest absolute Gasteiger partial charge is 0.306 e. The number of ether oxygens (including phenoxy) is 4. The van der Waals surface area contributed by atoms with Gasteiger partial charge < -0.3 is 39.4 Å². The first kappa shape index (κ1) is 50.7. The highest BCUT2D eigenvalue weighted by atomic mass is 16.7. The molecule has 0 radical (unpaired) electrons. The lowest BCUT2D eigenvalue weighted by Gasteiger charge is -2.39. The van der Waals surface area contributed by atoms with E-state index in [0.717, 1.165) is 38.5 Å². The van der Waals surface area contributed by atoms with E-state index in [1.807, 2.05) is 0 Å². The Bertz CT molecular complexity index is 855. The molecular weight excluding hydrogens is 688 g/mol. The molecule has 54 heavy (non-hydrogen) atoms. The van der Waals surface area contributed by atoms with Crippen LogP contribution in [0.5, 0.6) is 0 Å². The van der Waals surface area contributed by atoms with E-state index in [0.29, 0.717) is 6.42 Å². The summed E-state index contributed by atoms with van der Waals surface area (Å²) in [6.07, 6.45) is 28.2. The van der Waals surface area contributed by atoms with Gasteiger partial charge in [-0.05, 0) is 12.8 Å². The van der Waals surface area contributed by atoms with Gasteiger partial charge in [-0.15, -0.1) is 0 Å². The largest absolute Gasteiger partial charge is 0.462 e. The van der Waals surface area contributed by atoms with Crippen molar-refractivity contribution in [2.75, 3.05) is 19.8 Å². The van der Waals surface area contributed by atoms with Crippen LogP contribution in [0.2, 0.25) is 0 Å². The quantitative estimate of drug-likeness (QED) is 0.0353. The molecule has 0 spiro atoms. The third-order valence-corrected chi connectivity index (χ3v) is 10.7. The maximum absolute atomic E-state index is 12.8. The van der Waals surface area contributed by atoms with Gasteiger partial charge in [-0.3, -0.25) is 9.59 Å². The van der Waals surface area contributed by atoms with Crippen molar-refractivity contribution in [2.24, 2.45) is 0 Å². The number of hydrogen-bond acceptors (Lipinski definition) is 10. The van der Waals surface area contributed by atoms with Crippen molar-refractivity contribution >= 4 is 11.9 Å². The molecule has 2 unspecified atom stereocenters. The van der Waals surface area contributed by atoms with Crippen LogP contribution in [0.1, 0.15) is 213 Å². The van der Waals surface area contributed by atoms with Gasteiger partial charge in [0.1, 0.15) is 31.0 Å². The monoisotopic (exact) mass is 773 g/mol. The van der Waals surface area contributed by atoms with Crippen molar-refractivity contribution in [3.05, 3.63) is 0 Å². The fourth-order valence-electron chi connectivity index (χ4n) is 7.13. The van der Waals surface area contributed by atoms with Crippen LogP contribution in [0.15, 0.2) is 0 Å². The van der Waals surface area contributed by atoms with E-state index in [1.165, 1.54) is 141 Å². The lowest BCUT2D eigenvalue weighted by molar-refractivity contribution is -0.305. The van der Waals surface area contributed by atoms with E-state index in [9.17, 15) is 30.0 Å². The molecule has 0 aromatic carbocycles. The number of unbranched alkanes of at least 4 members (excludes halogenated alkanes) is 27. The molecule has 0 amide bonds. The fraction of sp³-hybridized carbons (Fsp3) is 0.955. The first-order chi connectivity index (χ1) is 26.3. The average Bonchev–Trinajstić information content (AvgIpc) is 3.17. The Balaban J connectivity index is 2.31. The summed E-state index contributed by atoms with van der Waals surface area (Å²) in [4.78, 5) is 25.3. The Morgan fingerprint density at radius 3 is 1.26 bits per heavy atom. The molecule has 10 nitrogen and oxygen atoms in total. The van der Waals surface area contributed by atoms with Crippen molar-refractivity contribution in [2.45, 2.75) is 250 Å². The van der Waals surface area contributed by atoms with Crippen LogP contribution in [0.3, 0.4) is 0 Å². The SMILES string of the molecule is CCCCCCCCCCCCCCCCCCC(=O)O[C@H](COC(=O)CCCCCCCCCCCCCCC)CO[C@@H]1O[C@H](CO)[C@H](O)C(O)C1O. The predicted octanol–water partition coefficient (Wildman–Crippen LogP) is 9.39. The second kappa shape index (κ2) is 36.1. The van der Waals surface area contributed by atoms with Crippen LogP contribution in [-0.2, 0) is 28.5 Å². The van der Waals surface area contributed by atoms with Crippen molar-refractivity contribution in [3.63, 3.8) is 0 Å². The van der Waals surface area contributed by atoms with Gasteiger partial charge in [0.2, 0.25) is 0 Å². The Hall–Kier alpha value is -1.30. The number of aliphatic hydroxyl groups excluding tert-OH is 4. The molecule has 1 rings (SSSR count). The highest BCUT2D eigenvalue weighted by molar-refractivity contribution is 5.70. The lowest BCUT2D eigenvalue weighted by atomic mass is 9.99. The van der Waals surface area contributed by atoms with Gasteiger partial charge in [0.25, 0.3) is 0 Å². The van der Waals surface area contributed by atoms with Crippen LogP contribution in [0.4, 0.5) is 0 Å². The van der Waals surface area contributed by atoms with Crippen molar-refractivity contribution < 1.29 is 49.0 Å². The zero-order valence-electron chi connectivity index (χ0n) is 34.7. The first-order valence-corrected chi connectivity index (χ1v) is 22.6.